The number of aryl methyl sites for hydroxylation is 1. The number of rotatable bonds is 5. The highest BCUT2D eigenvalue weighted by molar-refractivity contribution is 7.99. The van der Waals surface area contributed by atoms with Crippen LogP contribution in [0.3, 0.4) is 0 Å². The molecule has 1 aromatic heterocycles. The van der Waals surface area contributed by atoms with Gasteiger partial charge < -0.3 is 0 Å². The lowest BCUT2D eigenvalue weighted by molar-refractivity contribution is -0.118. The molecule has 2 saturated carbocycles. The summed E-state index contributed by atoms with van der Waals surface area (Å²) in [5.41, 5.74) is 6.24. The van der Waals surface area contributed by atoms with E-state index >= 15 is 0 Å². The van der Waals surface area contributed by atoms with Gasteiger partial charge in [-0.15, -0.1) is 5.10 Å². The summed E-state index contributed by atoms with van der Waals surface area (Å²) < 4.78 is 1.65. The monoisotopic (exact) mass is 398 g/mol. The van der Waals surface area contributed by atoms with Crippen LogP contribution in [0.4, 0.5) is 0 Å². The van der Waals surface area contributed by atoms with Crippen molar-refractivity contribution in [2.24, 2.45) is 21.8 Å². The van der Waals surface area contributed by atoms with Crippen molar-refractivity contribution >= 4 is 23.4 Å². The molecule has 148 valence electrons. The highest BCUT2D eigenvalue weighted by Gasteiger charge is 2.60. The average Bonchev–Trinajstić information content (AvgIpc) is 3.27. The minimum atomic E-state index is -0.138. The first kappa shape index (κ1) is 19.1. The van der Waals surface area contributed by atoms with Gasteiger partial charge in [0.15, 0.2) is 0 Å². The summed E-state index contributed by atoms with van der Waals surface area (Å²) in [6, 6.07) is 7.92. The smallest absolute Gasteiger partial charge is 0.250 e. The summed E-state index contributed by atoms with van der Waals surface area (Å²) in [5.74, 6) is 0.744. The molecule has 1 heterocycles. The van der Waals surface area contributed by atoms with E-state index in [1.165, 1.54) is 18.2 Å². The number of fused-ring (bicyclic) bond motifs is 2. The quantitative estimate of drug-likeness (QED) is 0.616. The molecular weight excluding hydrogens is 372 g/mol. The van der Waals surface area contributed by atoms with Gasteiger partial charge in [-0.3, -0.25) is 4.79 Å². The molecular formula is C20H26N6OS. The Morgan fingerprint density at radius 1 is 1.39 bits per heavy atom. The molecule has 2 fully saturated rings. The van der Waals surface area contributed by atoms with Crippen LogP contribution in [0.1, 0.15) is 45.6 Å². The third kappa shape index (κ3) is 3.13. The molecule has 2 atom stereocenters. The number of thioether (sulfide) groups is 1. The van der Waals surface area contributed by atoms with Crippen LogP contribution < -0.4 is 5.43 Å². The topological polar surface area (TPSA) is 85.1 Å². The van der Waals surface area contributed by atoms with Gasteiger partial charge in [0.2, 0.25) is 5.16 Å². The minimum Gasteiger partial charge on any atom is -0.272 e. The number of hydrogen-bond donors (Lipinski definition) is 1. The molecule has 1 aromatic carbocycles. The van der Waals surface area contributed by atoms with E-state index in [1.807, 2.05) is 31.2 Å². The fourth-order valence-electron chi connectivity index (χ4n) is 4.58. The molecule has 7 nitrogen and oxygen atoms in total. The van der Waals surface area contributed by atoms with Gasteiger partial charge in [-0.25, -0.2) is 5.43 Å². The number of nitrogens with zero attached hydrogens (tertiary/aromatic N) is 5. The van der Waals surface area contributed by atoms with Crippen LogP contribution >= 0.6 is 11.8 Å². The van der Waals surface area contributed by atoms with Crippen molar-refractivity contribution in [2.45, 2.75) is 52.1 Å². The number of benzene rings is 1. The van der Waals surface area contributed by atoms with E-state index in [4.69, 9.17) is 0 Å². The van der Waals surface area contributed by atoms with E-state index in [2.05, 4.69) is 46.8 Å². The molecule has 0 saturated heterocycles. The summed E-state index contributed by atoms with van der Waals surface area (Å²) in [5, 5.41) is 16.9. The normalized spacial score (nSPS) is 26.7. The number of carbonyl (C=O) groups excluding carboxylic acids is 1. The van der Waals surface area contributed by atoms with Crippen molar-refractivity contribution in [1.82, 2.24) is 25.6 Å². The highest BCUT2D eigenvalue weighted by atomic mass is 32.2. The Morgan fingerprint density at radius 3 is 2.89 bits per heavy atom. The third-order valence-corrected chi connectivity index (χ3v) is 7.77. The summed E-state index contributed by atoms with van der Waals surface area (Å²) in [6.45, 7) is 8.96. The largest absolute Gasteiger partial charge is 0.272 e. The number of nitrogens with one attached hydrogen (secondary N) is 1. The molecule has 8 heteroatoms. The Labute approximate surface area is 169 Å². The van der Waals surface area contributed by atoms with E-state index < -0.39 is 0 Å². The maximum absolute atomic E-state index is 12.4. The molecule has 2 aliphatic carbocycles. The second-order valence-corrected chi connectivity index (χ2v) is 9.53. The zero-order valence-corrected chi connectivity index (χ0v) is 17.6. The maximum Gasteiger partial charge on any atom is 0.250 e. The van der Waals surface area contributed by atoms with Gasteiger partial charge in [-0.05, 0) is 65.6 Å². The Morgan fingerprint density at radius 2 is 2.21 bits per heavy atom. The lowest BCUT2D eigenvalue weighted by Crippen LogP contribution is -2.34. The van der Waals surface area contributed by atoms with Crippen LogP contribution in [-0.4, -0.2) is 37.6 Å². The van der Waals surface area contributed by atoms with Gasteiger partial charge in [0, 0.05) is 11.1 Å². The van der Waals surface area contributed by atoms with Gasteiger partial charge in [-0.1, -0.05) is 44.7 Å². The van der Waals surface area contributed by atoms with Crippen molar-refractivity contribution in [2.75, 3.05) is 5.75 Å². The molecule has 4 rings (SSSR count). The van der Waals surface area contributed by atoms with Crippen molar-refractivity contribution in [3.63, 3.8) is 0 Å². The van der Waals surface area contributed by atoms with E-state index in [-0.39, 0.29) is 22.5 Å². The van der Waals surface area contributed by atoms with E-state index in [0.717, 1.165) is 29.8 Å². The minimum absolute atomic E-state index is 0.0906. The molecule has 2 bridgehead atoms. The number of amides is 1. The highest BCUT2D eigenvalue weighted by Crippen LogP contribution is 2.63. The molecule has 1 amide bonds. The first-order valence-electron chi connectivity index (χ1n) is 9.65. The van der Waals surface area contributed by atoms with Gasteiger partial charge >= 0.3 is 0 Å². The van der Waals surface area contributed by atoms with Gasteiger partial charge in [0.05, 0.1) is 11.4 Å². The second kappa shape index (κ2) is 6.99. The van der Waals surface area contributed by atoms with Gasteiger partial charge in [0.25, 0.3) is 5.91 Å². The van der Waals surface area contributed by atoms with Gasteiger partial charge in [-0.2, -0.15) is 9.78 Å². The van der Waals surface area contributed by atoms with E-state index in [1.54, 1.807) is 4.68 Å². The summed E-state index contributed by atoms with van der Waals surface area (Å²) in [4.78, 5) is 12.4. The van der Waals surface area contributed by atoms with E-state index in [0.29, 0.717) is 11.1 Å². The molecule has 2 aromatic rings. The fourth-order valence-corrected chi connectivity index (χ4v) is 5.26. The zero-order valence-electron chi connectivity index (χ0n) is 16.8. The molecule has 28 heavy (non-hydrogen) atoms. The maximum atomic E-state index is 12.4. The van der Waals surface area contributed by atoms with Crippen molar-refractivity contribution in [1.29, 1.82) is 0 Å². The number of hydrogen-bond acceptors (Lipinski definition) is 6. The molecule has 0 radical (unpaired) electrons. The van der Waals surface area contributed by atoms with Crippen LogP contribution in [0.25, 0.3) is 5.69 Å². The molecule has 0 aliphatic heterocycles. The number of carbonyl (C=O) groups is 1. The van der Waals surface area contributed by atoms with Crippen molar-refractivity contribution < 1.29 is 4.79 Å². The predicted octanol–water partition coefficient (Wildman–Crippen LogP) is 3.38. The van der Waals surface area contributed by atoms with Crippen LogP contribution in [0, 0.1) is 23.7 Å². The fraction of sp³-hybridized carbons (Fsp3) is 0.550. The third-order valence-electron chi connectivity index (χ3n) is 6.85. The molecule has 2 unspecified atom stereocenters. The summed E-state index contributed by atoms with van der Waals surface area (Å²) >= 11 is 1.30. The number of hydrazone groups is 1. The van der Waals surface area contributed by atoms with Crippen LogP contribution in [-0.2, 0) is 4.79 Å². The number of aromatic nitrogens is 4. The lowest BCUT2D eigenvalue weighted by Gasteiger charge is -2.34. The standard InChI is InChI=1S/C20H26N6OS/c1-13-6-5-7-15(10-13)26-18(23-24-25-26)28-12-17(27)22-21-16-11-14-8-9-20(16,4)19(14,2)3/h5-7,10,14H,8-9,11-12H2,1-4H3,(H,22,27)/b21-16+. The average molecular weight is 399 g/mol. The Hall–Kier alpha value is -2.22. The summed E-state index contributed by atoms with van der Waals surface area (Å²) in [7, 11) is 0. The summed E-state index contributed by atoms with van der Waals surface area (Å²) in [6.07, 6.45) is 3.40. The van der Waals surface area contributed by atoms with Crippen molar-refractivity contribution in [3.8, 4) is 5.69 Å². The van der Waals surface area contributed by atoms with Crippen LogP contribution in [0.15, 0.2) is 34.5 Å². The van der Waals surface area contributed by atoms with Crippen LogP contribution in [0.5, 0.6) is 0 Å². The Kier molecular flexibility index (Phi) is 4.77. The van der Waals surface area contributed by atoms with Crippen molar-refractivity contribution in [3.05, 3.63) is 29.8 Å². The molecule has 2 aliphatic rings. The zero-order chi connectivity index (χ0) is 19.9. The molecule has 1 N–H and O–H groups in total. The second-order valence-electron chi connectivity index (χ2n) is 8.59. The van der Waals surface area contributed by atoms with Crippen LogP contribution in [0.2, 0.25) is 0 Å². The first-order valence-corrected chi connectivity index (χ1v) is 10.6. The van der Waals surface area contributed by atoms with E-state index in [9.17, 15) is 4.79 Å². The molecule has 0 spiro atoms. The Bertz CT molecular complexity index is 936. The SMILES string of the molecule is Cc1cccc(-n2nnnc2SCC(=O)N/N=C2\CC3CCC2(C)C3(C)C)c1. The predicted molar refractivity (Wildman–Crippen MR) is 109 cm³/mol. The first-order chi connectivity index (χ1) is 13.3. The Balaban J connectivity index is 1.39. The van der Waals surface area contributed by atoms with Gasteiger partial charge in [0.1, 0.15) is 0 Å². The number of tetrazole rings is 1. The lowest BCUT2D eigenvalue weighted by atomic mass is 9.70.